The second-order valence-electron chi connectivity index (χ2n) is 5.38. The highest BCUT2D eigenvalue weighted by molar-refractivity contribution is 5.99. The third kappa shape index (κ3) is 2.27. The molecule has 0 radical (unpaired) electrons. The molecule has 2 aliphatic rings. The first kappa shape index (κ1) is 13.4. The third-order valence-corrected chi connectivity index (χ3v) is 4.03. The van der Waals surface area contributed by atoms with Gasteiger partial charge in [0.05, 0.1) is 18.3 Å². The molecule has 1 aromatic carbocycles. The molecule has 0 spiro atoms. The van der Waals surface area contributed by atoms with E-state index < -0.39 is 0 Å². The lowest BCUT2D eigenvalue weighted by molar-refractivity contribution is -0.122. The molecule has 5 nitrogen and oxygen atoms in total. The molecule has 2 heterocycles. The van der Waals surface area contributed by atoms with Crippen LogP contribution in [0.4, 0.5) is 5.69 Å². The van der Waals surface area contributed by atoms with Crippen molar-refractivity contribution in [2.45, 2.75) is 18.6 Å². The van der Waals surface area contributed by atoms with Crippen LogP contribution < -0.4 is 9.64 Å². The molecule has 0 aromatic heterocycles. The topological polar surface area (TPSA) is 42.0 Å². The molecule has 1 aromatic rings. The normalized spacial score (nSPS) is 25.9. The third-order valence-electron chi connectivity index (χ3n) is 4.03. The minimum absolute atomic E-state index is 0.0924. The monoisotopic (exact) mass is 276 g/mol. The minimum atomic E-state index is -0.0924. The van der Waals surface area contributed by atoms with Gasteiger partial charge in [-0.2, -0.15) is 0 Å². The second-order valence-corrected chi connectivity index (χ2v) is 5.38. The van der Waals surface area contributed by atoms with Gasteiger partial charge in [-0.05, 0) is 19.2 Å². The highest BCUT2D eigenvalue weighted by Crippen LogP contribution is 2.35. The second kappa shape index (κ2) is 5.42. The molecule has 0 saturated carbocycles. The lowest BCUT2D eigenvalue weighted by Crippen LogP contribution is -2.46. The van der Waals surface area contributed by atoms with E-state index in [2.05, 4.69) is 4.90 Å². The van der Waals surface area contributed by atoms with E-state index in [1.165, 1.54) is 0 Å². The molecule has 2 bridgehead atoms. The van der Waals surface area contributed by atoms with Gasteiger partial charge >= 0.3 is 0 Å². The molecule has 3 rings (SSSR count). The summed E-state index contributed by atoms with van der Waals surface area (Å²) < 4.78 is 11.2. The van der Waals surface area contributed by atoms with Crippen LogP contribution in [0.25, 0.3) is 0 Å². The van der Waals surface area contributed by atoms with Crippen molar-refractivity contribution in [1.29, 1.82) is 0 Å². The summed E-state index contributed by atoms with van der Waals surface area (Å²) in [7, 11) is 3.63. The van der Waals surface area contributed by atoms with Gasteiger partial charge < -0.3 is 14.4 Å². The fourth-order valence-corrected chi connectivity index (χ4v) is 3.00. The predicted molar refractivity (Wildman–Crippen MR) is 76.1 cm³/mol. The molecule has 20 heavy (non-hydrogen) atoms. The summed E-state index contributed by atoms with van der Waals surface area (Å²) in [5.41, 5.74) is 0.847. The Hall–Kier alpha value is -1.59. The SMILES string of the molecule is COCCN1C(=O)C2CC(CN2C)Oc2ccccc21. The number of likely N-dealkylation sites (N-methyl/N-ethyl adjacent to an activating group) is 1. The molecule has 1 fully saturated rings. The summed E-state index contributed by atoms with van der Waals surface area (Å²) in [5, 5.41) is 0. The van der Waals surface area contributed by atoms with Crippen molar-refractivity contribution in [3.05, 3.63) is 24.3 Å². The Labute approximate surface area is 119 Å². The van der Waals surface area contributed by atoms with Crippen molar-refractivity contribution < 1.29 is 14.3 Å². The van der Waals surface area contributed by atoms with Crippen molar-refractivity contribution in [3.8, 4) is 5.75 Å². The number of methoxy groups -OCH3 is 1. The van der Waals surface area contributed by atoms with E-state index in [1.807, 2.05) is 31.3 Å². The van der Waals surface area contributed by atoms with E-state index in [-0.39, 0.29) is 18.1 Å². The number of fused-ring (bicyclic) bond motifs is 3. The molecule has 108 valence electrons. The average Bonchev–Trinajstić information content (AvgIpc) is 2.81. The van der Waals surface area contributed by atoms with Gasteiger partial charge in [0.2, 0.25) is 5.91 Å². The quantitative estimate of drug-likeness (QED) is 0.830. The van der Waals surface area contributed by atoms with Crippen molar-refractivity contribution in [1.82, 2.24) is 4.90 Å². The number of carbonyl (C=O) groups is 1. The number of anilines is 1. The molecule has 1 saturated heterocycles. The molecule has 0 N–H and O–H groups in total. The molecule has 0 aliphatic carbocycles. The number of rotatable bonds is 3. The van der Waals surface area contributed by atoms with Gasteiger partial charge in [0.15, 0.2) is 0 Å². The molecule has 1 amide bonds. The lowest BCUT2D eigenvalue weighted by Gasteiger charge is -2.30. The standard InChI is InChI=1S/C15H20N2O3/c1-16-10-11-9-13(16)15(18)17(7-8-19-2)12-5-3-4-6-14(12)20-11/h3-6,11,13H,7-10H2,1-2H3. The number of carbonyl (C=O) groups excluding carboxylic acids is 1. The maximum atomic E-state index is 12.8. The van der Waals surface area contributed by atoms with E-state index in [1.54, 1.807) is 12.0 Å². The summed E-state index contributed by atoms with van der Waals surface area (Å²) in [6, 6.07) is 7.65. The van der Waals surface area contributed by atoms with Gasteiger partial charge in [-0.3, -0.25) is 9.69 Å². The number of nitrogens with zero attached hydrogens (tertiary/aromatic N) is 2. The number of benzene rings is 1. The molecule has 2 atom stereocenters. The number of hydrogen-bond acceptors (Lipinski definition) is 4. The van der Waals surface area contributed by atoms with Gasteiger partial charge in [0.1, 0.15) is 11.9 Å². The Morgan fingerprint density at radius 1 is 1.40 bits per heavy atom. The van der Waals surface area contributed by atoms with E-state index >= 15 is 0 Å². The van der Waals surface area contributed by atoms with E-state index in [4.69, 9.17) is 9.47 Å². The van der Waals surface area contributed by atoms with Crippen LogP contribution in [0.3, 0.4) is 0 Å². The zero-order valence-electron chi connectivity index (χ0n) is 11.9. The molecule has 5 heteroatoms. The van der Waals surface area contributed by atoms with Gasteiger partial charge in [-0.1, -0.05) is 12.1 Å². The Balaban J connectivity index is 1.99. The summed E-state index contributed by atoms with van der Waals surface area (Å²) >= 11 is 0. The number of likely N-dealkylation sites (tertiary alicyclic amines) is 1. The van der Waals surface area contributed by atoms with Crippen LogP contribution in [0.15, 0.2) is 24.3 Å². The average molecular weight is 276 g/mol. The Morgan fingerprint density at radius 3 is 3.00 bits per heavy atom. The summed E-state index contributed by atoms with van der Waals surface area (Å²) in [5.74, 6) is 0.929. The van der Waals surface area contributed by atoms with Crippen LogP contribution in [0.5, 0.6) is 5.75 Å². The van der Waals surface area contributed by atoms with Crippen LogP contribution in [0.1, 0.15) is 6.42 Å². The molecule has 2 unspecified atom stereocenters. The molecule has 2 aliphatic heterocycles. The summed E-state index contributed by atoms with van der Waals surface area (Å²) in [4.78, 5) is 16.7. The fraction of sp³-hybridized carbons (Fsp3) is 0.533. The number of ether oxygens (including phenoxy) is 2. The van der Waals surface area contributed by atoms with E-state index in [0.717, 1.165) is 24.4 Å². The largest absolute Gasteiger partial charge is 0.487 e. The first-order valence-corrected chi connectivity index (χ1v) is 6.97. The van der Waals surface area contributed by atoms with Crippen LogP contribution in [-0.4, -0.2) is 56.8 Å². The van der Waals surface area contributed by atoms with Crippen molar-refractivity contribution >= 4 is 11.6 Å². The molecular weight excluding hydrogens is 256 g/mol. The number of hydrogen-bond donors (Lipinski definition) is 0. The van der Waals surface area contributed by atoms with Gasteiger partial charge in [-0.15, -0.1) is 0 Å². The van der Waals surface area contributed by atoms with Crippen LogP contribution in [0.2, 0.25) is 0 Å². The first-order valence-electron chi connectivity index (χ1n) is 6.97. The van der Waals surface area contributed by atoms with Gasteiger partial charge in [-0.25, -0.2) is 0 Å². The van der Waals surface area contributed by atoms with Crippen molar-refractivity contribution in [2.75, 3.05) is 38.8 Å². The fourth-order valence-electron chi connectivity index (χ4n) is 3.00. The van der Waals surface area contributed by atoms with Gasteiger partial charge in [0.25, 0.3) is 0 Å². The van der Waals surface area contributed by atoms with Crippen LogP contribution in [-0.2, 0) is 9.53 Å². The Kier molecular flexibility index (Phi) is 3.63. The number of amides is 1. The smallest absolute Gasteiger partial charge is 0.244 e. The zero-order chi connectivity index (χ0) is 14.1. The number of para-hydroxylation sites is 2. The van der Waals surface area contributed by atoms with Crippen molar-refractivity contribution in [2.24, 2.45) is 0 Å². The van der Waals surface area contributed by atoms with Crippen molar-refractivity contribution in [3.63, 3.8) is 0 Å². The summed E-state index contributed by atoms with van der Waals surface area (Å²) in [6.45, 7) is 1.85. The Morgan fingerprint density at radius 2 is 2.20 bits per heavy atom. The van der Waals surface area contributed by atoms with E-state index in [9.17, 15) is 4.79 Å². The summed E-state index contributed by atoms with van der Waals surface area (Å²) in [6.07, 6.45) is 0.854. The lowest BCUT2D eigenvalue weighted by atomic mass is 10.1. The minimum Gasteiger partial charge on any atom is -0.487 e. The molecular formula is C15H20N2O3. The van der Waals surface area contributed by atoms with E-state index in [0.29, 0.717) is 13.2 Å². The predicted octanol–water partition coefficient (Wildman–Crippen LogP) is 1.13. The first-order chi connectivity index (χ1) is 9.70. The zero-order valence-corrected chi connectivity index (χ0v) is 11.9. The highest BCUT2D eigenvalue weighted by atomic mass is 16.5. The van der Waals surface area contributed by atoms with Crippen LogP contribution >= 0.6 is 0 Å². The van der Waals surface area contributed by atoms with Gasteiger partial charge in [0, 0.05) is 26.6 Å². The highest BCUT2D eigenvalue weighted by Gasteiger charge is 2.40. The Bertz CT molecular complexity index is 506. The maximum Gasteiger partial charge on any atom is 0.244 e. The van der Waals surface area contributed by atoms with Crippen LogP contribution in [0, 0.1) is 0 Å². The maximum absolute atomic E-state index is 12.8.